The first-order valence-corrected chi connectivity index (χ1v) is 12.2. The molecule has 0 aromatic carbocycles. The molecule has 27 heavy (non-hydrogen) atoms. The molecule has 2 spiro atoms. The second-order valence-corrected chi connectivity index (χ2v) is 11.7. The van der Waals surface area contributed by atoms with Crippen LogP contribution < -0.4 is 0 Å². The van der Waals surface area contributed by atoms with Gasteiger partial charge in [-0.15, -0.1) is 0 Å². The fourth-order valence-corrected chi connectivity index (χ4v) is 10.0. The number of aliphatic hydroxyl groups excluding tert-OH is 1. The van der Waals surface area contributed by atoms with Gasteiger partial charge in [0.25, 0.3) is 0 Å². The van der Waals surface area contributed by atoms with E-state index < -0.39 is 0 Å². The summed E-state index contributed by atoms with van der Waals surface area (Å²) in [5.74, 6) is 6.42. The minimum absolute atomic E-state index is 0.0133. The van der Waals surface area contributed by atoms with E-state index in [1.54, 1.807) is 0 Å². The maximum Gasteiger partial charge on any atom is 0.0568 e. The van der Waals surface area contributed by atoms with Gasteiger partial charge in [0, 0.05) is 0 Å². The Hall–Kier alpha value is -0.300. The second-order valence-electron chi connectivity index (χ2n) is 11.7. The highest BCUT2D eigenvalue weighted by molar-refractivity contribution is 5.32. The molecule has 5 aliphatic carbocycles. The maximum atomic E-state index is 10.5. The van der Waals surface area contributed by atoms with Crippen molar-refractivity contribution in [1.29, 1.82) is 0 Å². The van der Waals surface area contributed by atoms with Crippen LogP contribution in [0.25, 0.3) is 0 Å². The highest BCUT2D eigenvalue weighted by Gasteiger charge is 2.85. The van der Waals surface area contributed by atoms with Crippen LogP contribution in [-0.2, 0) is 0 Å². The van der Waals surface area contributed by atoms with Crippen LogP contribution in [0, 0.1) is 52.3 Å². The topological polar surface area (TPSA) is 20.2 Å². The van der Waals surface area contributed by atoms with E-state index in [2.05, 4.69) is 33.8 Å². The lowest BCUT2D eigenvalue weighted by Gasteiger charge is -2.40. The molecule has 0 saturated heterocycles. The third-order valence-corrected chi connectivity index (χ3v) is 10.9. The minimum atomic E-state index is -0.0133. The average molecular weight is 371 g/mol. The molecular weight excluding hydrogens is 328 g/mol. The van der Waals surface area contributed by atoms with Gasteiger partial charge in [-0.25, -0.2) is 0 Å². The molecule has 1 heteroatoms. The van der Waals surface area contributed by atoms with Gasteiger partial charge in [0.15, 0.2) is 0 Å². The number of allylic oxidation sites excluding steroid dienone is 2. The van der Waals surface area contributed by atoms with E-state index in [1.807, 2.05) is 0 Å². The summed E-state index contributed by atoms with van der Waals surface area (Å²) in [5.41, 5.74) is 2.88. The summed E-state index contributed by atoms with van der Waals surface area (Å²) in [4.78, 5) is 0. The Morgan fingerprint density at radius 1 is 1.00 bits per heavy atom. The first-order chi connectivity index (χ1) is 12.9. The minimum Gasteiger partial charge on any atom is -0.393 e. The number of hydrogen-bond donors (Lipinski definition) is 1. The van der Waals surface area contributed by atoms with E-state index in [-0.39, 0.29) is 6.10 Å². The van der Waals surface area contributed by atoms with Crippen molar-refractivity contribution in [3.05, 3.63) is 11.6 Å². The number of aliphatic hydroxyl groups is 1. The van der Waals surface area contributed by atoms with Crippen molar-refractivity contribution >= 4 is 0 Å². The molecule has 0 aliphatic heterocycles. The van der Waals surface area contributed by atoms with Gasteiger partial charge < -0.3 is 5.11 Å². The molecule has 0 radical (unpaired) electrons. The molecule has 5 rings (SSSR count). The molecular formula is C26H42O. The summed E-state index contributed by atoms with van der Waals surface area (Å²) in [6.07, 6.45) is 16.6. The van der Waals surface area contributed by atoms with Crippen LogP contribution in [0.4, 0.5) is 0 Å². The van der Waals surface area contributed by atoms with Crippen LogP contribution in [0.15, 0.2) is 11.6 Å². The zero-order chi connectivity index (χ0) is 19.0. The maximum absolute atomic E-state index is 10.5. The van der Waals surface area contributed by atoms with Crippen molar-refractivity contribution in [2.75, 3.05) is 0 Å². The lowest BCUT2D eigenvalue weighted by Crippen LogP contribution is -2.38. The molecule has 5 fully saturated rings. The van der Waals surface area contributed by atoms with Crippen molar-refractivity contribution in [2.24, 2.45) is 52.3 Å². The van der Waals surface area contributed by atoms with Gasteiger partial charge in [0.05, 0.1) is 6.10 Å². The Bertz CT molecular complexity index is 618. The zero-order valence-electron chi connectivity index (χ0n) is 18.2. The Kier molecular flexibility index (Phi) is 4.40. The van der Waals surface area contributed by atoms with Crippen molar-refractivity contribution in [2.45, 2.75) is 98.0 Å². The Balaban J connectivity index is 1.34. The highest BCUT2D eigenvalue weighted by Crippen LogP contribution is 2.90. The molecule has 0 heterocycles. The van der Waals surface area contributed by atoms with Crippen LogP contribution in [0.5, 0.6) is 0 Å². The summed E-state index contributed by atoms with van der Waals surface area (Å²) < 4.78 is 0. The van der Waals surface area contributed by atoms with E-state index in [9.17, 15) is 5.11 Å². The standard InChI is InChI=1S/C26H42O/c1-16(2)6-5-7-17(3)19-8-10-22-20(19)9-11-24-25-15-13-23(27)18(4)21(25)12-14-26(22,24)25/h6,17-24,27H,5,7-15H2,1-4H3/t17-,18?,19?,20?,21?,22?,23?,24?,25?,26?/m1/s1. The smallest absolute Gasteiger partial charge is 0.0568 e. The van der Waals surface area contributed by atoms with Crippen LogP contribution in [0.3, 0.4) is 0 Å². The summed E-state index contributed by atoms with van der Waals surface area (Å²) in [6, 6.07) is 0. The quantitative estimate of drug-likeness (QED) is 0.552. The Morgan fingerprint density at radius 2 is 1.74 bits per heavy atom. The van der Waals surface area contributed by atoms with Crippen LogP contribution in [0.2, 0.25) is 0 Å². The molecule has 1 N–H and O–H groups in total. The monoisotopic (exact) mass is 370 g/mol. The predicted molar refractivity (Wildman–Crippen MR) is 112 cm³/mol. The normalized spacial score (nSPS) is 53.7. The number of rotatable bonds is 4. The van der Waals surface area contributed by atoms with Gasteiger partial charge in [0.2, 0.25) is 0 Å². The third kappa shape index (κ3) is 2.33. The van der Waals surface area contributed by atoms with Crippen molar-refractivity contribution in [1.82, 2.24) is 0 Å². The molecule has 5 saturated carbocycles. The van der Waals surface area contributed by atoms with Crippen molar-refractivity contribution < 1.29 is 5.11 Å². The zero-order valence-corrected chi connectivity index (χ0v) is 18.2. The summed E-state index contributed by atoms with van der Waals surface area (Å²) in [5, 5.41) is 10.5. The van der Waals surface area contributed by atoms with Crippen LogP contribution in [-0.4, -0.2) is 11.2 Å². The first-order valence-electron chi connectivity index (χ1n) is 12.2. The first kappa shape index (κ1) is 18.7. The SMILES string of the molecule is CC(C)=CCC[C@@H](C)C1CCC2C1CCC1C34CCC(O)C(C)C3CCC214. The molecule has 5 aliphatic rings. The van der Waals surface area contributed by atoms with E-state index in [4.69, 9.17) is 0 Å². The molecule has 9 unspecified atom stereocenters. The lowest BCUT2D eigenvalue weighted by molar-refractivity contribution is -0.00372. The van der Waals surface area contributed by atoms with Crippen LogP contribution in [0.1, 0.15) is 91.9 Å². The van der Waals surface area contributed by atoms with Gasteiger partial charge in [-0.1, -0.05) is 25.5 Å². The molecule has 0 aromatic heterocycles. The van der Waals surface area contributed by atoms with E-state index in [1.165, 1.54) is 63.4 Å². The largest absolute Gasteiger partial charge is 0.393 e. The second kappa shape index (κ2) is 6.35. The molecule has 0 aromatic rings. The van der Waals surface area contributed by atoms with Gasteiger partial charge in [-0.05, 0) is 130 Å². The molecule has 152 valence electrons. The lowest BCUT2D eigenvalue weighted by atomic mass is 9.66. The fraction of sp³-hybridized carbons (Fsp3) is 0.923. The molecule has 10 atom stereocenters. The number of fused-ring (bicyclic) bond motifs is 1. The van der Waals surface area contributed by atoms with Gasteiger partial charge in [-0.2, -0.15) is 0 Å². The van der Waals surface area contributed by atoms with E-state index in [0.29, 0.717) is 11.3 Å². The summed E-state index contributed by atoms with van der Waals surface area (Å²) in [7, 11) is 0. The molecule has 0 amide bonds. The van der Waals surface area contributed by atoms with E-state index in [0.717, 1.165) is 47.3 Å². The number of hydrogen-bond acceptors (Lipinski definition) is 1. The van der Waals surface area contributed by atoms with Crippen molar-refractivity contribution in [3.8, 4) is 0 Å². The average Bonchev–Trinajstić information content (AvgIpc) is 2.95. The summed E-state index contributed by atoms with van der Waals surface area (Å²) >= 11 is 0. The van der Waals surface area contributed by atoms with Gasteiger partial charge in [-0.3, -0.25) is 0 Å². The third-order valence-electron chi connectivity index (χ3n) is 10.9. The molecule has 1 nitrogen and oxygen atoms in total. The van der Waals surface area contributed by atoms with E-state index >= 15 is 0 Å². The Morgan fingerprint density at radius 3 is 2.52 bits per heavy atom. The fourth-order valence-electron chi connectivity index (χ4n) is 10.0. The van der Waals surface area contributed by atoms with Crippen molar-refractivity contribution in [3.63, 3.8) is 0 Å². The molecule has 0 bridgehead atoms. The van der Waals surface area contributed by atoms with Gasteiger partial charge in [0.1, 0.15) is 0 Å². The summed E-state index contributed by atoms with van der Waals surface area (Å²) in [6.45, 7) is 9.42. The Labute approximate surface area is 167 Å². The highest BCUT2D eigenvalue weighted by atomic mass is 16.3. The van der Waals surface area contributed by atoms with Gasteiger partial charge >= 0.3 is 0 Å². The predicted octanol–water partition coefficient (Wildman–Crippen LogP) is 6.61. The van der Waals surface area contributed by atoms with Crippen LogP contribution >= 0.6 is 0 Å².